The number of rotatable bonds is 5. The summed E-state index contributed by atoms with van der Waals surface area (Å²) in [5.41, 5.74) is -0.908. The summed E-state index contributed by atoms with van der Waals surface area (Å²) in [4.78, 5) is 15.6. The number of alkyl halides is 3. The summed E-state index contributed by atoms with van der Waals surface area (Å²) < 4.78 is 37.6. The first-order chi connectivity index (χ1) is 11.3. The molecule has 0 spiro atoms. The van der Waals surface area contributed by atoms with Crippen LogP contribution in [0.3, 0.4) is 0 Å². The number of anilines is 1. The Balaban J connectivity index is 1.80. The fraction of sp³-hybridized carbons (Fsp3) is 0.600. The van der Waals surface area contributed by atoms with Crippen molar-refractivity contribution in [2.75, 3.05) is 18.4 Å². The molecule has 0 bridgehead atoms. The summed E-state index contributed by atoms with van der Waals surface area (Å²) in [6.07, 6.45) is -1.65. The minimum absolute atomic E-state index is 0.0963. The molecule has 1 aliphatic rings. The third kappa shape index (κ3) is 5.24. The van der Waals surface area contributed by atoms with E-state index >= 15 is 0 Å². The highest BCUT2D eigenvalue weighted by atomic mass is 35.5. The Bertz CT molecular complexity index is 582. The van der Waals surface area contributed by atoms with Crippen molar-refractivity contribution >= 4 is 23.3 Å². The highest BCUT2D eigenvalue weighted by Crippen LogP contribution is 2.32. The second-order valence-corrected chi connectivity index (χ2v) is 6.20. The van der Waals surface area contributed by atoms with Gasteiger partial charge in [0.25, 0.3) is 0 Å². The maximum absolute atomic E-state index is 12.5. The Labute approximate surface area is 143 Å². The van der Waals surface area contributed by atoms with E-state index in [1.165, 1.54) is 0 Å². The van der Waals surface area contributed by atoms with Crippen molar-refractivity contribution in [2.24, 2.45) is 0 Å². The molecule has 2 unspecified atom stereocenters. The molecule has 0 radical (unpaired) electrons. The molecule has 1 saturated heterocycles. The first-order valence-electron chi connectivity index (χ1n) is 7.76. The molecular weight excluding hydrogens is 345 g/mol. The van der Waals surface area contributed by atoms with Crippen LogP contribution < -0.4 is 16.0 Å². The summed E-state index contributed by atoms with van der Waals surface area (Å²) in [5.74, 6) is 0.0104. The van der Waals surface area contributed by atoms with Crippen LogP contribution in [0.4, 0.5) is 19.0 Å². The van der Waals surface area contributed by atoms with Gasteiger partial charge in [0.15, 0.2) is 0 Å². The summed E-state index contributed by atoms with van der Waals surface area (Å²) >= 11 is 5.79. The molecule has 0 aliphatic carbocycles. The fourth-order valence-electron chi connectivity index (χ4n) is 2.54. The number of aromatic nitrogens is 1. The Hall–Kier alpha value is -1.54. The standard InChI is InChI=1S/C15H20ClF3N4O/c1-9-12(3-2-5-20-9)23-13(24)4-6-21-14-11(16)7-10(8-22-14)15(17,18)19/h7-9,12,20H,2-6H2,1H3,(H,21,22)(H,23,24). The maximum atomic E-state index is 12.5. The third-order valence-electron chi connectivity index (χ3n) is 3.92. The van der Waals surface area contributed by atoms with Crippen LogP contribution in [0.1, 0.15) is 31.7 Å². The SMILES string of the molecule is CC1NCCCC1NC(=O)CCNc1ncc(C(F)(F)F)cc1Cl. The second-order valence-electron chi connectivity index (χ2n) is 5.79. The van der Waals surface area contributed by atoms with Gasteiger partial charge in [-0.15, -0.1) is 0 Å². The first-order valence-corrected chi connectivity index (χ1v) is 8.14. The zero-order valence-electron chi connectivity index (χ0n) is 13.2. The molecule has 1 aromatic heterocycles. The van der Waals surface area contributed by atoms with Crippen LogP contribution in [0.5, 0.6) is 0 Å². The molecule has 1 fully saturated rings. The lowest BCUT2D eigenvalue weighted by atomic mass is 10.00. The Morgan fingerprint density at radius 2 is 2.25 bits per heavy atom. The van der Waals surface area contributed by atoms with E-state index in [1.807, 2.05) is 6.92 Å². The van der Waals surface area contributed by atoms with E-state index in [0.717, 1.165) is 25.5 Å². The molecule has 1 amide bonds. The summed E-state index contributed by atoms with van der Waals surface area (Å²) in [6.45, 7) is 3.21. The maximum Gasteiger partial charge on any atom is 0.417 e. The molecule has 5 nitrogen and oxygen atoms in total. The van der Waals surface area contributed by atoms with Gasteiger partial charge in [-0.2, -0.15) is 13.2 Å². The molecular formula is C15H20ClF3N4O. The topological polar surface area (TPSA) is 66.0 Å². The van der Waals surface area contributed by atoms with E-state index in [4.69, 9.17) is 11.6 Å². The molecule has 0 saturated carbocycles. The molecule has 24 heavy (non-hydrogen) atoms. The van der Waals surface area contributed by atoms with Crippen molar-refractivity contribution in [3.8, 4) is 0 Å². The summed E-state index contributed by atoms with van der Waals surface area (Å²) in [6, 6.07) is 1.13. The number of nitrogens with one attached hydrogen (secondary N) is 3. The number of carbonyl (C=O) groups is 1. The van der Waals surface area contributed by atoms with Crippen LogP contribution in [0.15, 0.2) is 12.3 Å². The molecule has 1 aliphatic heterocycles. The minimum atomic E-state index is -4.49. The van der Waals surface area contributed by atoms with Gasteiger partial charge in [0, 0.05) is 31.2 Å². The molecule has 2 heterocycles. The second kappa shape index (κ2) is 8.02. The number of amides is 1. The van der Waals surface area contributed by atoms with Gasteiger partial charge in [0.05, 0.1) is 10.6 Å². The highest BCUT2D eigenvalue weighted by Gasteiger charge is 2.31. The first kappa shape index (κ1) is 18.8. The predicted molar refractivity (Wildman–Crippen MR) is 86.0 cm³/mol. The summed E-state index contributed by atoms with van der Waals surface area (Å²) in [5, 5.41) is 8.90. The number of nitrogens with zero attached hydrogens (tertiary/aromatic N) is 1. The van der Waals surface area contributed by atoms with Crippen molar-refractivity contribution in [2.45, 2.75) is 44.4 Å². The quantitative estimate of drug-likeness (QED) is 0.751. The third-order valence-corrected chi connectivity index (χ3v) is 4.21. The predicted octanol–water partition coefficient (Wildman–Crippen LogP) is 2.81. The smallest absolute Gasteiger partial charge is 0.368 e. The van der Waals surface area contributed by atoms with Crippen LogP contribution in [0.2, 0.25) is 5.02 Å². The zero-order chi connectivity index (χ0) is 17.7. The van der Waals surface area contributed by atoms with Gasteiger partial charge in [0.1, 0.15) is 5.82 Å². The number of pyridine rings is 1. The van der Waals surface area contributed by atoms with Crippen molar-refractivity contribution in [3.63, 3.8) is 0 Å². The van der Waals surface area contributed by atoms with Gasteiger partial charge < -0.3 is 16.0 Å². The van der Waals surface area contributed by atoms with Crippen LogP contribution in [-0.2, 0) is 11.0 Å². The normalized spacial score (nSPS) is 21.4. The average Bonchev–Trinajstić information content (AvgIpc) is 2.50. The molecule has 2 rings (SSSR count). The summed E-state index contributed by atoms with van der Waals surface area (Å²) in [7, 11) is 0. The van der Waals surface area contributed by atoms with Crippen molar-refractivity contribution in [3.05, 3.63) is 22.8 Å². The molecule has 1 aromatic rings. The van der Waals surface area contributed by atoms with E-state index in [9.17, 15) is 18.0 Å². The molecule has 3 N–H and O–H groups in total. The lowest BCUT2D eigenvalue weighted by molar-refractivity contribution is -0.137. The molecule has 134 valence electrons. The lowest BCUT2D eigenvalue weighted by Crippen LogP contribution is -2.52. The Morgan fingerprint density at radius 3 is 2.88 bits per heavy atom. The largest absolute Gasteiger partial charge is 0.417 e. The van der Waals surface area contributed by atoms with Gasteiger partial charge in [-0.3, -0.25) is 4.79 Å². The number of piperidine rings is 1. The Morgan fingerprint density at radius 1 is 1.50 bits per heavy atom. The van der Waals surface area contributed by atoms with Crippen LogP contribution in [0, 0.1) is 0 Å². The number of hydrogen-bond donors (Lipinski definition) is 3. The van der Waals surface area contributed by atoms with E-state index in [-0.39, 0.29) is 41.8 Å². The lowest BCUT2D eigenvalue weighted by Gasteiger charge is -2.30. The monoisotopic (exact) mass is 364 g/mol. The Kier molecular flexibility index (Phi) is 6.28. The van der Waals surface area contributed by atoms with E-state index < -0.39 is 11.7 Å². The van der Waals surface area contributed by atoms with Gasteiger partial charge in [-0.05, 0) is 32.4 Å². The van der Waals surface area contributed by atoms with Gasteiger partial charge >= 0.3 is 6.18 Å². The van der Waals surface area contributed by atoms with E-state index in [1.54, 1.807) is 0 Å². The average molecular weight is 365 g/mol. The van der Waals surface area contributed by atoms with E-state index in [0.29, 0.717) is 6.20 Å². The van der Waals surface area contributed by atoms with Crippen molar-refractivity contribution in [1.29, 1.82) is 0 Å². The minimum Gasteiger partial charge on any atom is -0.368 e. The highest BCUT2D eigenvalue weighted by molar-refractivity contribution is 6.32. The number of carbonyl (C=O) groups excluding carboxylic acids is 1. The molecule has 9 heteroatoms. The van der Waals surface area contributed by atoms with Gasteiger partial charge in [-0.25, -0.2) is 4.98 Å². The van der Waals surface area contributed by atoms with Crippen molar-refractivity contribution in [1.82, 2.24) is 15.6 Å². The van der Waals surface area contributed by atoms with Crippen LogP contribution in [0.25, 0.3) is 0 Å². The van der Waals surface area contributed by atoms with Crippen molar-refractivity contribution < 1.29 is 18.0 Å². The van der Waals surface area contributed by atoms with Crippen LogP contribution in [-0.4, -0.2) is 36.1 Å². The zero-order valence-corrected chi connectivity index (χ0v) is 14.0. The number of hydrogen-bond acceptors (Lipinski definition) is 4. The number of halogens is 4. The molecule has 0 aromatic carbocycles. The van der Waals surface area contributed by atoms with Gasteiger partial charge in [-0.1, -0.05) is 11.6 Å². The fourth-order valence-corrected chi connectivity index (χ4v) is 2.77. The molecule has 2 atom stereocenters. The van der Waals surface area contributed by atoms with Gasteiger partial charge in [0.2, 0.25) is 5.91 Å². The van der Waals surface area contributed by atoms with E-state index in [2.05, 4.69) is 20.9 Å². The van der Waals surface area contributed by atoms with Crippen LogP contribution >= 0.6 is 11.6 Å².